The molecule has 1 aliphatic rings. The van der Waals surface area contributed by atoms with Gasteiger partial charge in [0.05, 0.1) is 11.1 Å². The molecular weight excluding hydrogens is 335 g/mol. The largest absolute Gasteiger partial charge is 0.423 e. The first-order valence-corrected chi connectivity index (χ1v) is 7.64. The van der Waals surface area contributed by atoms with Gasteiger partial charge in [-0.2, -0.15) is 13.2 Å². The van der Waals surface area contributed by atoms with E-state index in [0.717, 1.165) is 24.6 Å². The summed E-state index contributed by atoms with van der Waals surface area (Å²) in [5.41, 5.74) is -0.521. The summed E-state index contributed by atoms with van der Waals surface area (Å²) >= 11 is 0. The molecule has 1 heterocycles. The van der Waals surface area contributed by atoms with Crippen molar-refractivity contribution in [1.29, 1.82) is 0 Å². The van der Waals surface area contributed by atoms with Crippen molar-refractivity contribution in [2.24, 2.45) is 0 Å². The lowest BCUT2D eigenvalue weighted by atomic mass is 10.1. The van der Waals surface area contributed by atoms with E-state index in [-0.39, 0.29) is 17.2 Å². The summed E-state index contributed by atoms with van der Waals surface area (Å²) in [7, 11) is 0. The molecule has 1 amide bonds. The number of alkyl halides is 3. The molecule has 0 saturated carbocycles. The molecule has 0 aromatic heterocycles. The molecule has 130 valence electrons. The molecule has 2 aromatic carbocycles. The van der Waals surface area contributed by atoms with E-state index in [1.165, 1.54) is 18.2 Å². The van der Waals surface area contributed by atoms with Crippen molar-refractivity contribution < 1.29 is 27.5 Å². The number of amides is 1. The molecule has 0 bridgehead atoms. The van der Waals surface area contributed by atoms with Crippen LogP contribution in [0.3, 0.4) is 0 Å². The number of carbonyl (C=O) groups is 2. The number of rotatable bonds is 3. The van der Waals surface area contributed by atoms with Gasteiger partial charge in [0, 0.05) is 24.7 Å². The Bertz CT molecular complexity index is 817. The van der Waals surface area contributed by atoms with E-state index in [4.69, 9.17) is 4.74 Å². The van der Waals surface area contributed by atoms with Crippen molar-refractivity contribution in [3.05, 3.63) is 59.7 Å². The molecule has 0 spiro atoms. The minimum atomic E-state index is -4.54. The van der Waals surface area contributed by atoms with Crippen LogP contribution >= 0.6 is 0 Å². The molecule has 1 fully saturated rings. The predicted octanol–water partition coefficient (Wildman–Crippen LogP) is 4.05. The summed E-state index contributed by atoms with van der Waals surface area (Å²) in [6.45, 7) is 0.587. The van der Waals surface area contributed by atoms with Crippen LogP contribution in [0.4, 0.5) is 18.9 Å². The minimum absolute atomic E-state index is 0.0126. The summed E-state index contributed by atoms with van der Waals surface area (Å²) in [5, 5.41) is 0. The summed E-state index contributed by atoms with van der Waals surface area (Å²) in [6, 6.07) is 10.4. The SMILES string of the molecule is O=C(Oc1cccc(N2CCCC2=O)c1)c1cccc(C(F)(F)F)c1. The highest BCUT2D eigenvalue weighted by atomic mass is 19.4. The van der Waals surface area contributed by atoms with Crippen LogP contribution in [0.25, 0.3) is 0 Å². The molecule has 25 heavy (non-hydrogen) atoms. The fourth-order valence-electron chi connectivity index (χ4n) is 2.62. The highest BCUT2D eigenvalue weighted by Gasteiger charge is 2.31. The fourth-order valence-corrected chi connectivity index (χ4v) is 2.62. The van der Waals surface area contributed by atoms with Crippen LogP contribution in [-0.4, -0.2) is 18.4 Å². The van der Waals surface area contributed by atoms with Gasteiger partial charge in [-0.05, 0) is 36.8 Å². The van der Waals surface area contributed by atoms with E-state index in [2.05, 4.69) is 0 Å². The van der Waals surface area contributed by atoms with Gasteiger partial charge < -0.3 is 9.64 Å². The Kier molecular flexibility index (Phi) is 4.48. The monoisotopic (exact) mass is 349 g/mol. The fraction of sp³-hybridized carbons (Fsp3) is 0.222. The Morgan fingerprint density at radius 3 is 2.52 bits per heavy atom. The van der Waals surface area contributed by atoms with Gasteiger partial charge >= 0.3 is 12.1 Å². The van der Waals surface area contributed by atoms with E-state index >= 15 is 0 Å². The van der Waals surface area contributed by atoms with Gasteiger partial charge in [-0.3, -0.25) is 4.79 Å². The average molecular weight is 349 g/mol. The van der Waals surface area contributed by atoms with Crippen molar-refractivity contribution in [1.82, 2.24) is 0 Å². The van der Waals surface area contributed by atoms with Gasteiger partial charge in [0.2, 0.25) is 5.91 Å². The van der Waals surface area contributed by atoms with Crippen LogP contribution in [-0.2, 0) is 11.0 Å². The average Bonchev–Trinajstić information content (AvgIpc) is 3.00. The lowest BCUT2D eigenvalue weighted by Crippen LogP contribution is -2.23. The van der Waals surface area contributed by atoms with Crippen molar-refractivity contribution in [2.75, 3.05) is 11.4 Å². The quantitative estimate of drug-likeness (QED) is 0.620. The number of anilines is 1. The third-order valence-corrected chi connectivity index (χ3v) is 3.84. The highest BCUT2D eigenvalue weighted by Crippen LogP contribution is 2.30. The Morgan fingerprint density at radius 1 is 1.08 bits per heavy atom. The normalized spacial score (nSPS) is 14.7. The number of hydrogen-bond acceptors (Lipinski definition) is 3. The van der Waals surface area contributed by atoms with Crippen molar-refractivity contribution in [3.8, 4) is 5.75 Å². The van der Waals surface area contributed by atoms with Crippen molar-refractivity contribution in [2.45, 2.75) is 19.0 Å². The standard InChI is InChI=1S/C18H14F3NO3/c19-18(20,21)13-5-1-4-12(10-13)17(24)25-15-7-2-6-14(11-15)22-9-3-8-16(22)23/h1-2,4-7,10-11H,3,8-9H2. The molecule has 0 N–H and O–H groups in total. The second-order valence-corrected chi connectivity index (χ2v) is 5.61. The number of hydrogen-bond donors (Lipinski definition) is 0. The summed E-state index contributed by atoms with van der Waals surface area (Å²) in [5.74, 6) is -0.739. The summed E-state index contributed by atoms with van der Waals surface area (Å²) in [6.07, 6.45) is -3.31. The van der Waals surface area contributed by atoms with Crippen molar-refractivity contribution in [3.63, 3.8) is 0 Å². The Morgan fingerprint density at radius 2 is 1.84 bits per heavy atom. The molecule has 1 saturated heterocycles. The second kappa shape index (κ2) is 6.58. The lowest BCUT2D eigenvalue weighted by Gasteiger charge is -2.16. The van der Waals surface area contributed by atoms with Crippen LogP contribution < -0.4 is 9.64 Å². The Balaban J connectivity index is 1.78. The predicted molar refractivity (Wildman–Crippen MR) is 84.4 cm³/mol. The van der Waals surface area contributed by atoms with Gasteiger partial charge in [-0.15, -0.1) is 0 Å². The van der Waals surface area contributed by atoms with Crippen LogP contribution in [0.2, 0.25) is 0 Å². The van der Waals surface area contributed by atoms with Gasteiger partial charge in [-0.1, -0.05) is 12.1 Å². The molecule has 0 aliphatic carbocycles. The molecule has 7 heteroatoms. The smallest absolute Gasteiger partial charge is 0.416 e. The van der Waals surface area contributed by atoms with Crippen LogP contribution in [0.1, 0.15) is 28.8 Å². The molecule has 2 aromatic rings. The van der Waals surface area contributed by atoms with Gasteiger partial charge in [0.15, 0.2) is 0 Å². The van der Waals surface area contributed by atoms with E-state index in [1.807, 2.05) is 0 Å². The number of ether oxygens (including phenoxy) is 1. The third-order valence-electron chi connectivity index (χ3n) is 3.84. The topological polar surface area (TPSA) is 46.6 Å². The number of benzene rings is 2. The first kappa shape index (κ1) is 17.0. The summed E-state index contributed by atoms with van der Waals surface area (Å²) < 4.78 is 43.4. The van der Waals surface area contributed by atoms with E-state index < -0.39 is 17.7 Å². The first-order chi connectivity index (χ1) is 11.8. The maximum atomic E-state index is 12.7. The van der Waals surface area contributed by atoms with Gasteiger partial charge in [0.1, 0.15) is 5.75 Å². The zero-order valence-electron chi connectivity index (χ0n) is 13.0. The lowest BCUT2D eigenvalue weighted by molar-refractivity contribution is -0.137. The molecule has 4 nitrogen and oxygen atoms in total. The molecule has 1 aliphatic heterocycles. The number of halogens is 3. The molecule has 0 atom stereocenters. The zero-order valence-corrected chi connectivity index (χ0v) is 13.0. The van der Waals surface area contributed by atoms with Crippen LogP contribution in [0, 0.1) is 0 Å². The maximum absolute atomic E-state index is 12.7. The molecule has 3 rings (SSSR count). The molecular formula is C18H14F3NO3. The zero-order chi connectivity index (χ0) is 18.0. The number of esters is 1. The first-order valence-electron chi connectivity index (χ1n) is 7.64. The van der Waals surface area contributed by atoms with Crippen LogP contribution in [0.15, 0.2) is 48.5 Å². The maximum Gasteiger partial charge on any atom is 0.416 e. The number of nitrogens with zero attached hydrogens (tertiary/aromatic N) is 1. The Hall–Kier alpha value is -2.83. The van der Waals surface area contributed by atoms with E-state index in [0.29, 0.717) is 18.7 Å². The molecule has 0 radical (unpaired) electrons. The van der Waals surface area contributed by atoms with Gasteiger partial charge in [-0.25, -0.2) is 4.79 Å². The van der Waals surface area contributed by atoms with E-state index in [9.17, 15) is 22.8 Å². The Labute approximate surface area is 141 Å². The third kappa shape index (κ3) is 3.81. The number of carbonyl (C=O) groups excluding carboxylic acids is 2. The van der Waals surface area contributed by atoms with Crippen LogP contribution in [0.5, 0.6) is 5.75 Å². The van der Waals surface area contributed by atoms with Gasteiger partial charge in [0.25, 0.3) is 0 Å². The molecule has 0 unspecified atom stereocenters. The summed E-state index contributed by atoms with van der Waals surface area (Å²) in [4.78, 5) is 25.5. The minimum Gasteiger partial charge on any atom is -0.423 e. The van der Waals surface area contributed by atoms with E-state index in [1.54, 1.807) is 17.0 Å². The van der Waals surface area contributed by atoms with Crippen molar-refractivity contribution >= 4 is 17.6 Å². The highest BCUT2D eigenvalue weighted by molar-refractivity contribution is 5.96. The second-order valence-electron chi connectivity index (χ2n) is 5.61.